The fourth-order valence-electron chi connectivity index (χ4n) is 3.87. The molecule has 4 N–H and O–H groups in total. The van der Waals surface area contributed by atoms with E-state index in [4.69, 9.17) is 37.8 Å². The van der Waals surface area contributed by atoms with E-state index in [0.717, 1.165) is 17.7 Å². The van der Waals surface area contributed by atoms with E-state index in [9.17, 15) is 29.4 Å². The largest absolute Gasteiger partial charge is 0.496 e. The van der Waals surface area contributed by atoms with Crippen LogP contribution < -0.4 is 14.8 Å². The molecule has 3 rings (SSSR count). The molecule has 0 unspecified atom stereocenters. The summed E-state index contributed by atoms with van der Waals surface area (Å²) in [5.41, 5.74) is 1.56. The number of benzene rings is 3. The molecule has 3 aromatic carbocycles. The maximum atomic E-state index is 12.7. The third kappa shape index (κ3) is 6.78. The number of aryl methyl sites for hydroxylation is 1. The van der Waals surface area contributed by atoms with Gasteiger partial charge in [0.25, 0.3) is 5.91 Å². The fourth-order valence-corrected chi connectivity index (χ4v) is 4.53. The van der Waals surface area contributed by atoms with Crippen molar-refractivity contribution < 1.29 is 44.0 Å². The van der Waals surface area contributed by atoms with Gasteiger partial charge in [-0.3, -0.25) is 4.79 Å². The molecule has 0 aliphatic carbocycles. The minimum Gasteiger partial charge on any atom is -0.496 e. The van der Waals surface area contributed by atoms with Crippen LogP contribution >= 0.6 is 23.2 Å². The first-order valence-electron chi connectivity index (χ1n) is 11.3. The Kier molecular flexibility index (Phi) is 9.39. The Morgan fingerprint density at radius 3 is 1.74 bits per heavy atom. The summed E-state index contributed by atoms with van der Waals surface area (Å²) >= 11 is 12.1. The second kappa shape index (κ2) is 12.5. The van der Waals surface area contributed by atoms with Gasteiger partial charge in [-0.1, -0.05) is 47.5 Å². The number of hydrogen-bond donors (Lipinski definition) is 4. The predicted molar refractivity (Wildman–Crippen MR) is 143 cm³/mol. The first kappa shape index (κ1) is 29.3. The first-order valence-corrected chi connectivity index (χ1v) is 12.1. The quantitative estimate of drug-likeness (QED) is 0.249. The first-order chi connectivity index (χ1) is 18.5. The number of methoxy groups -OCH3 is 2. The van der Waals surface area contributed by atoms with Crippen LogP contribution in [-0.2, 0) is 11.2 Å². The molecule has 0 fully saturated rings. The number of amides is 1. The molecule has 0 radical (unpaired) electrons. The summed E-state index contributed by atoms with van der Waals surface area (Å²) in [7, 11) is 2.83. The average molecular weight is 576 g/mol. The monoisotopic (exact) mass is 575 g/mol. The zero-order valence-electron chi connectivity index (χ0n) is 20.7. The van der Waals surface area contributed by atoms with Crippen LogP contribution in [0.5, 0.6) is 11.5 Å². The molecular weight excluding hydrogens is 553 g/mol. The van der Waals surface area contributed by atoms with Crippen LogP contribution in [0.2, 0.25) is 10.0 Å². The minimum absolute atomic E-state index is 0.00577. The summed E-state index contributed by atoms with van der Waals surface area (Å²) in [5.74, 6) is -3.93. The van der Waals surface area contributed by atoms with E-state index in [1.165, 1.54) is 26.4 Å². The Morgan fingerprint density at radius 2 is 1.31 bits per heavy atom. The molecule has 0 heterocycles. The van der Waals surface area contributed by atoms with Crippen molar-refractivity contribution >= 4 is 47.0 Å². The molecular formula is C27H23Cl2NO9. The van der Waals surface area contributed by atoms with Crippen LogP contribution in [0.1, 0.15) is 43.1 Å². The second-order valence-electron chi connectivity index (χ2n) is 8.28. The van der Waals surface area contributed by atoms with Gasteiger partial charge in [0.15, 0.2) is 0 Å². The molecule has 0 spiro atoms. The van der Waals surface area contributed by atoms with E-state index in [1.54, 1.807) is 24.3 Å². The smallest absolute Gasteiger partial charge is 0.335 e. The summed E-state index contributed by atoms with van der Waals surface area (Å²) in [6.45, 7) is 0. The molecule has 0 aromatic heterocycles. The van der Waals surface area contributed by atoms with Crippen LogP contribution in [-0.4, -0.2) is 59.4 Å². The number of aromatic carboxylic acids is 2. The van der Waals surface area contributed by atoms with Gasteiger partial charge in [0.1, 0.15) is 17.5 Å². The van der Waals surface area contributed by atoms with Gasteiger partial charge in [0.05, 0.1) is 46.5 Å². The molecule has 39 heavy (non-hydrogen) atoms. The van der Waals surface area contributed by atoms with E-state index in [2.05, 4.69) is 5.32 Å². The third-order valence-electron chi connectivity index (χ3n) is 5.84. The lowest BCUT2D eigenvalue weighted by molar-refractivity contribution is -0.139. The normalized spacial score (nSPS) is 11.4. The van der Waals surface area contributed by atoms with Gasteiger partial charge in [-0.15, -0.1) is 0 Å². The highest BCUT2D eigenvalue weighted by molar-refractivity contribution is 6.40. The second-order valence-corrected chi connectivity index (χ2v) is 9.10. The van der Waals surface area contributed by atoms with Crippen molar-refractivity contribution in [2.75, 3.05) is 14.2 Å². The summed E-state index contributed by atoms with van der Waals surface area (Å²) in [6.07, 6.45) is 0.311. The molecule has 1 atom stereocenters. The van der Waals surface area contributed by atoms with Crippen LogP contribution in [0.25, 0.3) is 11.1 Å². The van der Waals surface area contributed by atoms with E-state index in [-0.39, 0.29) is 39.6 Å². The highest BCUT2D eigenvalue weighted by Gasteiger charge is 2.25. The zero-order chi connectivity index (χ0) is 28.9. The number of nitrogens with one attached hydrogen (secondary N) is 1. The number of aliphatic carboxylic acids is 1. The van der Waals surface area contributed by atoms with Crippen molar-refractivity contribution in [3.8, 4) is 22.6 Å². The van der Waals surface area contributed by atoms with Gasteiger partial charge in [-0.25, -0.2) is 14.4 Å². The van der Waals surface area contributed by atoms with Crippen molar-refractivity contribution in [2.45, 2.75) is 18.9 Å². The molecule has 10 nitrogen and oxygen atoms in total. The van der Waals surface area contributed by atoms with Gasteiger partial charge in [0, 0.05) is 0 Å². The number of ether oxygens (including phenoxy) is 2. The summed E-state index contributed by atoms with van der Waals surface area (Å²) < 4.78 is 10.8. The van der Waals surface area contributed by atoms with Crippen molar-refractivity contribution in [3.05, 3.63) is 80.8 Å². The van der Waals surface area contributed by atoms with Gasteiger partial charge in [-0.05, 0) is 48.2 Å². The van der Waals surface area contributed by atoms with Crippen LogP contribution in [0.3, 0.4) is 0 Å². The molecule has 0 saturated heterocycles. The summed E-state index contributed by atoms with van der Waals surface area (Å²) in [5, 5.41) is 30.0. The Balaban J connectivity index is 1.77. The predicted octanol–water partition coefficient (Wildman–Crippen LogP) is 4.89. The summed E-state index contributed by atoms with van der Waals surface area (Å²) in [6, 6.07) is 10.7. The van der Waals surface area contributed by atoms with Crippen molar-refractivity contribution in [1.82, 2.24) is 5.32 Å². The number of carboxylic acids is 3. The Morgan fingerprint density at radius 1 is 0.821 bits per heavy atom. The maximum Gasteiger partial charge on any atom is 0.335 e. The third-order valence-corrected chi connectivity index (χ3v) is 6.43. The highest BCUT2D eigenvalue weighted by atomic mass is 35.5. The summed E-state index contributed by atoms with van der Waals surface area (Å²) in [4.78, 5) is 47.1. The molecule has 1 amide bonds. The number of halogens is 2. The molecule has 0 saturated carbocycles. The van der Waals surface area contributed by atoms with Crippen molar-refractivity contribution in [3.63, 3.8) is 0 Å². The standard InChI is InChI=1S/C27H23Cl2NO9/c1-38-20-11-16(26(34)35)12-21(39-2)22(20)14-6-3-13(4-7-14)5-8-19(27(36)37)30-24(31)23-17(28)9-15(25(32)33)10-18(23)29/h3-4,6-7,9-12,19H,5,8H2,1-2H3,(H,30,31)(H,32,33)(H,34,35)(H,36,37)/t19-/m0/s1. The lowest BCUT2D eigenvalue weighted by Gasteiger charge is -2.17. The molecule has 12 heteroatoms. The average Bonchev–Trinajstić information content (AvgIpc) is 2.89. The number of carbonyl (C=O) groups excluding carboxylic acids is 1. The molecule has 0 bridgehead atoms. The lowest BCUT2D eigenvalue weighted by Crippen LogP contribution is -2.41. The van der Waals surface area contributed by atoms with Crippen molar-refractivity contribution in [2.24, 2.45) is 0 Å². The number of hydrogen-bond acceptors (Lipinski definition) is 6. The van der Waals surface area contributed by atoms with Crippen LogP contribution in [0.15, 0.2) is 48.5 Å². The van der Waals surface area contributed by atoms with Gasteiger partial charge >= 0.3 is 17.9 Å². The SMILES string of the molecule is COc1cc(C(=O)O)cc(OC)c1-c1ccc(CC[C@H](NC(=O)c2c(Cl)cc(C(=O)O)cc2Cl)C(=O)O)cc1. The molecule has 0 aliphatic heterocycles. The van der Waals surface area contributed by atoms with Crippen molar-refractivity contribution in [1.29, 1.82) is 0 Å². The molecule has 0 aliphatic rings. The number of rotatable bonds is 11. The number of carbonyl (C=O) groups is 4. The molecule has 3 aromatic rings. The van der Waals surface area contributed by atoms with Crippen LogP contribution in [0.4, 0.5) is 0 Å². The fraction of sp³-hybridized carbons (Fsp3) is 0.185. The maximum absolute atomic E-state index is 12.7. The lowest BCUT2D eigenvalue weighted by atomic mass is 9.98. The van der Waals surface area contributed by atoms with Gasteiger partial charge in [-0.2, -0.15) is 0 Å². The Labute approximate surface area is 232 Å². The van der Waals surface area contributed by atoms with E-state index in [1.807, 2.05) is 0 Å². The Bertz CT molecular complexity index is 1390. The zero-order valence-corrected chi connectivity index (χ0v) is 22.2. The van der Waals surface area contributed by atoms with Gasteiger partial charge in [0.2, 0.25) is 0 Å². The topological polar surface area (TPSA) is 159 Å². The van der Waals surface area contributed by atoms with Crippen LogP contribution in [0, 0.1) is 0 Å². The highest BCUT2D eigenvalue weighted by Crippen LogP contribution is 2.39. The van der Waals surface area contributed by atoms with E-state index >= 15 is 0 Å². The molecule has 204 valence electrons. The van der Waals surface area contributed by atoms with E-state index in [0.29, 0.717) is 22.6 Å². The Hall–Kier alpha value is -4.28. The van der Waals surface area contributed by atoms with E-state index < -0.39 is 29.9 Å². The van der Waals surface area contributed by atoms with Gasteiger partial charge < -0.3 is 30.1 Å². The number of carboxylic acid groups (broad SMARTS) is 3. The minimum atomic E-state index is -1.28.